The van der Waals surface area contributed by atoms with Gasteiger partial charge in [0.2, 0.25) is 0 Å². The van der Waals surface area contributed by atoms with Crippen molar-refractivity contribution >= 4 is 17.7 Å². The zero-order valence-electron chi connectivity index (χ0n) is 13.3. The Hall–Kier alpha value is -2.89. The third-order valence-corrected chi connectivity index (χ3v) is 4.55. The van der Waals surface area contributed by atoms with E-state index >= 15 is 0 Å². The van der Waals surface area contributed by atoms with Crippen LogP contribution in [0.2, 0.25) is 0 Å². The molecule has 1 fully saturated rings. The van der Waals surface area contributed by atoms with E-state index in [1.165, 1.54) is 6.20 Å². The molecule has 24 heavy (non-hydrogen) atoms. The molecule has 3 rings (SSSR count). The summed E-state index contributed by atoms with van der Waals surface area (Å²) in [4.78, 5) is 29.8. The molecule has 6 heteroatoms. The first kappa shape index (κ1) is 16.0. The van der Waals surface area contributed by atoms with E-state index in [2.05, 4.69) is 4.98 Å². The molecule has 1 amide bonds. The number of likely N-dealkylation sites (tertiary alicyclic amines) is 1. The van der Waals surface area contributed by atoms with Gasteiger partial charge >= 0.3 is 5.97 Å². The summed E-state index contributed by atoms with van der Waals surface area (Å²) in [6, 6.07) is 10.9. The Balaban J connectivity index is 1.88. The molecular weight excluding hydrogens is 306 g/mol. The molecule has 1 aromatic carbocycles. The standard InChI is InChI=1S/C18H19N3O3/c1-11-4-2-3-5-13(11)14-9-21(10-15(14)18(23)24)17(22)12-6-7-16(19)20-8-12/h2-8,14-15H,9-10H2,1H3,(H2,19,20)(H,23,24)/t14-,15+/m0/s1. The molecule has 1 aliphatic rings. The molecule has 1 aliphatic heterocycles. The first-order chi connectivity index (χ1) is 11.5. The van der Waals surface area contributed by atoms with E-state index in [4.69, 9.17) is 5.73 Å². The van der Waals surface area contributed by atoms with E-state index in [1.807, 2.05) is 31.2 Å². The molecule has 124 valence electrons. The molecule has 2 atom stereocenters. The molecule has 0 bridgehead atoms. The molecule has 6 nitrogen and oxygen atoms in total. The monoisotopic (exact) mass is 325 g/mol. The molecule has 0 aliphatic carbocycles. The molecule has 0 saturated carbocycles. The second-order valence-corrected chi connectivity index (χ2v) is 6.09. The third kappa shape index (κ3) is 2.95. The Morgan fingerprint density at radius 3 is 2.58 bits per heavy atom. The van der Waals surface area contributed by atoms with Gasteiger partial charge in [-0.2, -0.15) is 0 Å². The predicted molar refractivity (Wildman–Crippen MR) is 89.6 cm³/mol. The number of benzene rings is 1. The number of nitrogens with zero attached hydrogens (tertiary/aromatic N) is 2. The van der Waals surface area contributed by atoms with E-state index < -0.39 is 11.9 Å². The van der Waals surface area contributed by atoms with Crippen LogP contribution in [0.15, 0.2) is 42.6 Å². The van der Waals surface area contributed by atoms with Gasteiger partial charge in [-0.25, -0.2) is 4.98 Å². The number of carboxylic acid groups (broad SMARTS) is 1. The van der Waals surface area contributed by atoms with Crippen LogP contribution >= 0.6 is 0 Å². The number of amides is 1. The van der Waals surface area contributed by atoms with Crippen molar-refractivity contribution in [1.29, 1.82) is 0 Å². The quantitative estimate of drug-likeness (QED) is 0.898. The van der Waals surface area contributed by atoms with Gasteiger partial charge < -0.3 is 15.7 Å². The number of carbonyl (C=O) groups is 2. The molecule has 2 heterocycles. The first-order valence-electron chi connectivity index (χ1n) is 7.76. The van der Waals surface area contributed by atoms with Crippen molar-refractivity contribution in [3.8, 4) is 0 Å². The van der Waals surface area contributed by atoms with Gasteiger partial charge in [-0.1, -0.05) is 24.3 Å². The lowest BCUT2D eigenvalue weighted by Crippen LogP contribution is -2.30. The van der Waals surface area contributed by atoms with Gasteiger partial charge in [0.05, 0.1) is 11.5 Å². The lowest BCUT2D eigenvalue weighted by Gasteiger charge is -2.18. The molecule has 0 spiro atoms. The van der Waals surface area contributed by atoms with E-state index in [9.17, 15) is 14.7 Å². The summed E-state index contributed by atoms with van der Waals surface area (Å²) in [5, 5.41) is 9.58. The molecule has 3 N–H and O–H groups in total. The minimum absolute atomic E-state index is 0.192. The largest absolute Gasteiger partial charge is 0.481 e. The second-order valence-electron chi connectivity index (χ2n) is 6.09. The number of aliphatic carboxylic acids is 1. The van der Waals surface area contributed by atoms with Crippen LogP contribution in [-0.2, 0) is 4.79 Å². The van der Waals surface area contributed by atoms with Crippen LogP contribution in [0.25, 0.3) is 0 Å². The fourth-order valence-corrected chi connectivity index (χ4v) is 3.25. The number of hydrogen-bond acceptors (Lipinski definition) is 4. The predicted octanol–water partition coefficient (Wildman–Crippen LogP) is 1.91. The van der Waals surface area contributed by atoms with Crippen molar-refractivity contribution in [2.24, 2.45) is 5.92 Å². The lowest BCUT2D eigenvalue weighted by molar-refractivity contribution is -0.141. The Morgan fingerprint density at radius 1 is 1.21 bits per heavy atom. The van der Waals surface area contributed by atoms with Gasteiger partial charge in [-0.15, -0.1) is 0 Å². The molecule has 0 unspecified atom stereocenters. The summed E-state index contributed by atoms with van der Waals surface area (Å²) in [5.41, 5.74) is 7.98. The van der Waals surface area contributed by atoms with Gasteiger partial charge in [0, 0.05) is 25.2 Å². The molecule has 1 aromatic heterocycles. The van der Waals surface area contributed by atoms with Gasteiger partial charge in [0.1, 0.15) is 5.82 Å². The normalized spacial score (nSPS) is 20.1. The zero-order chi connectivity index (χ0) is 17.3. The molecule has 1 saturated heterocycles. The first-order valence-corrected chi connectivity index (χ1v) is 7.76. The van der Waals surface area contributed by atoms with Crippen molar-refractivity contribution in [3.63, 3.8) is 0 Å². The minimum atomic E-state index is -0.881. The SMILES string of the molecule is Cc1ccccc1[C@@H]1CN(C(=O)c2ccc(N)nc2)C[C@H]1C(=O)O. The third-order valence-electron chi connectivity index (χ3n) is 4.55. The molecule has 2 aromatic rings. The number of pyridine rings is 1. The highest BCUT2D eigenvalue weighted by Crippen LogP contribution is 2.35. The number of hydrogen-bond donors (Lipinski definition) is 2. The van der Waals surface area contributed by atoms with Crippen LogP contribution in [0.4, 0.5) is 5.82 Å². The Bertz CT molecular complexity index is 773. The maximum atomic E-state index is 12.6. The van der Waals surface area contributed by atoms with Gasteiger partial charge in [-0.05, 0) is 30.2 Å². The summed E-state index contributed by atoms with van der Waals surface area (Å²) < 4.78 is 0. The van der Waals surface area contributed by atoms with Gasteiger partial charge in [0.25, 0.3) is 5.91 Å². The number of aromatic nitrogens is 1. The van der Waals surface area contributed by atoms with Crippen LogP contribution in [0.1, 0.15) is 27.4 Å². The summed E-state index contributed by atoms with van der Waals surface area (Å²) in [6.45, 7) is 2.53. The topological polar surface area (TPSA) is 96.5 Å². The van der Waals surface area contributed by atoms with Crippen LogP contribution < -0.4 is 5.73 Å². The maximum absolute atomic E-state index is 12.6. The number of carbonyl (C=O) groups excluding carboxylic acids is 1. The van der Waals surface area contributed by atoms with Crippen molar-refractivity contribution in [1.82, 2.24) is 9.88 Å². The summed E-state index contributed by atoms with van der Waals surface area (Å²) in [7, 11) is 0. The number of carboxylic acids is 1. The van der Waals surface area contributed by atoms with E-state index in [0.717, 1.165) is 11.1 Å². The van der Waals surface area contributed by atoms with Gasteiger partial charge in [-0.3, -0.25) is 9.59 Å². The van der Waals surface area contributed by atoms with Crippen molar-refractivity contribution in [2.75, 3.05) is 18.8 Å². The number of rotatable bonds is 3. The van der Waals surface area contributed by atoms with Crippen molar-refractivity contribution < 1.29 is 14.7 Å². The summed E-state index contributed by atoms with van der Waals surface area (Å²) in [6.07, 6.45) is 1.43. The summed E-state index contributed by atoms with van der Waals surface area (Å²) in [5.74, 6) is -1.58. The van der Waals surface area contributed by atoms with E-state index in [0.29, 0.717) is 17.9 Å². The van der Waals surface area contributed by atoms with Crippen LogP contribution in [0.5, 0.6) is 0 Å². The maximum Gasteiger partial charge on any atom is 0.308 e. The minimum Gasteiger partial charge on any atom is -0.481 e. The summed E-state index contributed by atoms with van der Waals surface area (Å²) >= 11 is 0. The molecular formula is C18H19N3O3. The van der Waals surface area contributed by atoms with Crippen molar-refractivity contribution in [3.05, 3.63) is 59.3 Å². The number of nitrogen functional groups attached to an aromatic ring is 1. The Morgan fingerprint density at radius 2 is 1.96 bits per heavy atom. The highest BCUT2D eigenvalue weighted by atomic mass is 16.4. The second kappa shape index (κ2) is 6.31. The fourth-order valence-electron chi connectivity index (χ4n) is 3.25. The number of aryl methyl sites for hydroxylation is 1. The Kier molecular flexibility index (Phi) is 4.20. The zero-order valence-corrected chi connectivity index (χ0v) is 13.3. The average Bonchev–Trinajstić information content (AvgIpc) is 3.00. The van der Waals surface area contributed by atoms with Crippen molar-refractivity contribution in [2.45, 2.75) is 12.8 Å². The number of nitrogens with two attached hydrogens (primary N) is 1. The average molecular weight is 325 g/mol. The van der Waals surface area contributed by atoms with Gasteiger partial charge in [0.15, 0.2) is 0 Å². The number of anilines is 1. The highest BCUT2D eigenvalue weighted by molar-refractivity contribution is 5.94. The van der Waals surface area contributed by atoms with Crippen LogP contribution in [0, 0.1) is 12.8 Å². The van der Waals surface area contributed by atoms with E-state index in [1.54, 1.807) is 17.0 Å². The highest BCUT2D eigenvalue weighted by Gasteiger charge is 2.41. The fraction of sp³-hybridized carbons (Fsp3) is 0.278. The Labute approximate surface area is 139 Å². The van der Waals surface area contributed by atoms with Crippen LogP contribution in [-0.4, -0.2) is 40.0 Å². The smallest absolute Gasteiger partial charge is 0.308 e. The van der Waals surface area contributed by atoms with E-state index in [-0.39, 0.29) is 18.4 Å². The molecule has 0 radical (unpaired) electrons. The lowest BCUT2D eigenvalue weighted by atomic mass is 9.86. The van der Waals surface area contributed by atoms with Crippen LogP contribution in [0.3, 0.4) is 0 Å².